The van der Waals surface area contributed by atoms with E-state index in [1.54, 1.807) is 6.92 Å². The van der Waals surface area contributed by atoms with Gasteiger partial charge >= 0.3 is 5.97 Å². The number of carboxylic acid groups (broad SMARTS) is 1. The summed E-state index contributed by atoms with van der Waals surface area (Å²) in [5, 5.41) is 11.3. The molecule has 0 radical (unpaired) electrons. The van der Waals surface area contributed by atoms with Crippen LogP contribution in [0.15, 0.2) is 0 Å². The van der Waals surface area contributed by atoms with Crippen molar-refractivity contribution < 1.29 is 27.9 Å². The first-order valence-corrected chi connectivity index (χ1v) is 8.40. The first-order valence-electron chi connectivity index (χ1n) is 6.75. The molecule has 124 valence electrons. The first kappa shape index (κ1) is 19.8. The van der Waals surface area contributed by atoms with Gasteiger partial charge in [0.2, 0.25) is 15.9 Å². The summed E-state index contributed by atoms with van der Waals surface area (Å²) in [5.41, 5.74) is 0. The third kappa shape index (κ3) is 10.2. The van der Waals surface area contributed by atoms with Crippen LogP contribution in [-0.2, 0) is 24.3 Å². The Hall–Kier alpha value is -1.19. The third-order valence-electron chi connectivity index (χ3n) is 2.49. The van der Waals surface area contributed by atoms with Gasteiger partial charge in [-0.05, 0) is 19.3 Å². The second-order valence-electron chi connectivity index (χ2n) is 4.92. The van der Waals surface area contributed by atoms with Gasteiger partial charge < -0.3 is 15.2 Å². The number of hydrogen-bond donors (Lipinski definition) is 3. The largest absolute Gasteiger partial charge is 0.480 e. The average molecular weight is 324 g/mol. The van der Waals surface area contributed by atoms with E-state index in [9.17, 15) is 18.0 Å². The molecule has 1 amide bonds. The molecule has 0 bridgehead atoms. The minimum Gasteiger partial charge on any atom is -0.480 e. The second-order valence-corrected chi connectivity index (χ2v) is 6.85. The predicted octanol–water partition coefficient (Wildman–Crippen LogP) is -0.442. The highest BCUT2D eigenvalue weighted by molar-refractivity contribution is 7.89. The van der Waals surface area contributed by atoms with Gasteiger partial charge in [-0.1, -0.05) is 13.8 Å². The lowest BCUT2D eigenvalue weighted by Gasteiger charge is -2.16. The van der Waals surface area contributed by atoms with E-state index in [0.717, 1.165) is 0 Å². The van der Waals surface area contributed by atoms with Crippen LogP contribution in [0, 0.1) is 5.92 Å². The average Bonchev–Trinajstić information content (AvgIpc) is 2.35. The third-order valence-corrected chi connectivity index (χ3v) is 3.78. The van der Waals surface area contributed by atoms with Crippen LogP contribution in [0.25, 0.3) is 0 Å². The molecule has 0 aliphatic heterocycles. The molecule has 1 unspecified atom stereocenters. The van der Waals surface area contributed by atoms with Crippen molar-refractivity contribution in [2.24, 2.45) is 5.92 Å². The molecule has 9 heteroatoms. The molecule has 0 aliphatic rings. The van der Waals surface area contributed by atoms with E-state index in [0.29, 0.717) is 6.61 Å². The quantitative estimate of drug-likeness (QED) is 0.443. The Kier molecular flexibility index (Phi) is 9.14. The van der Waals surface area contributed by atoms with Crippen molar-refractivity contribution in [2.75, 3.05) is 25.5 Å². The fourth-order valence-corrected chi connectivity index (χ4v) is 2.33. The lowest BCUT2D eigenvalue weighted by Crippen LogP contribution is -2.46. The van der Waals surface area contributed by atoms with Crippen molar-refractivity contribution in [1.29, 1.82) is 0 Å². The molecule has 0 saturated carbocycles. The van der Waals surface area contributed by atoms with Crippen LogP contribution in [0.1, 0.15) is 27.2 Å². The molecule has 0 rings (SSSR count). The van der Waals surface area contributed by atoms with Crippen LogP contribution in [0.3, 0.4) is 0 Å². The highest BCUT2D eigenvalue weighted by Gasteiger charge is 2.21. The molecule has 0 aliphatic carbocycles. The van der Waals surface area contributed by atoms with Crippen LogP contribution in [0.5, 0.6) is 0 Å². The zero-order valence-corrected chi connectivity index (χ0v) is 13.4. The second kappa shape index (κ2) is 9.69. The normalized spacial score (nSPS) is 13.1. The Morgan fingerprint density at radius 2 is 1.90 bits per heavy atom. The fraction of sp³-hybridized carbons (Fsp3) is 0.833. The number of carbonyl (C=O) groups is 2. The molecule has 3 N–H and O–H groups in total. The molecular formula is C12H24N2O6S. The summed E-state index contributed by atoms with van der Waals surface area (Å²) in [6, 6.07) is -1.02. The summed E-state index contributed by atoms with van der Waals surface area (Å²) in [4.78, 5) is 22.6. The van der Waals surface area contributed by atoms with Gasteiger partial charge in [-0.2, -0.15) is 0 Å². The Labute approximate surface area is 125 Å². The minimum absolute atomic E-state index is 0.0402. The van der Waals surface area contributed by atoms with E-state index in [1.807, 2.05) is 13.8 Å². The number of sulfonamides is 1. The van der Waals surface area contributed by atoms with Gasteiger partial charge in [0, 0.05) is 6.61 Å². The lowest BCUT2D eigenvalue weighted by atomic mass is 10.0. The molecule has 0 aromatic heterocycles. The maximum absolute atomic E-state index is 11.6. The van der Waals surface area contributed by atoms with E-state index < -0.39 is 34.5 Å². The predicted molar refractivity (Wildman–Crippen MR) is 77.3 cm³/mol. The highest BCUT2D eigenvalue weighted by Crippen LogP contribution is 2.04. The van der Waals surface area contributed by atoms with Gasteiger partial charge in [0.05, 0.1) is 18.9 Å². The van der Waals surface area contributed by atoms with Crippen molar-refractivity contribution in [3.8, 4) is 0 Å². The zero-order chi connectivity index (χ0) is 16.5. The van der Waals surface area contributed by atoms with Crippen molar-refractivity contribution in [2.45, 2.75) is 33.2 Å². The Morgan fingerprint density at radius 3 is 2.38 bits per heavy atom. The van der Waals surface area contributed by atoms with Crippen molar-refractivity contribution in [3.05, 3.63) is 0 Å². The zero-order valence-electron chi connectivity index (χ0n) is 12.6. The van der Waals surface area contributed by atoms with Crippen LogP contribution in [-0.4, -0.2) is 57.0 Å². The smallest absolute Gasteiger partial charge is 0.326 e. The van der Waals surface area contributed by atoms with Crippen molar-refractivity contribution in [3.63, 3.8) is 0 Å². The topological polar surface area (TPSA) is 122 Å². The van der Waals surface area contributed by atoms with E-state index in [2.05, 4.69) is 10.0 Å². The minimum atomic E-state index is -3.61. The molecule has 0 aromatic rings. The van der Waals surface area contributed by atoms with Gasteiger partial charge in [0.25, 0.3) is 0 Å². The number of aliphatic carboxylic acids is 1. The van der Waals surface area contributed by atoms with E-state index in [1.165, 1.54) is 0 Å². The van der Waals surface area contributed by atoms with Gasteiger partial charge in [0.1, 0.15) is 6.04 Å². The Bertz CT molecular complexity index is 435. The summed E-state index contributed by atoms with van der Waals surface area (Å²) >= 11 is 0. The Balaban J connectivity index is 4.26. The number of amides is 1. The van der Waals surface area contributed by atoms with Crippen LogP contribution < -0.4 is 10.0 Å². The maximum Gasteiger partial charge on any atom is 0.326 e. The molecule has 0 aromatic carbocycles. The highest BCUT2D eigenvalue weighted by atomic mass is 32.2. The number of ether oxygens (including phenoxy) is 1. The lowest BCUT2D eigenvalue weighted by molar-refractivity contribution is -0.142. The number of carboxylic acids is 1. The summed E-state index contributed by atoms with van der Waals surface area (Å²) in [7, 11) is -3.61. The van der Waals surface area contributed by atoms with E-state index in [4.69, 9.17) is 9.84 Å². The summed E-state index contributed by atoms with van der Waals surface area (Å²) in [5.74, 6) is -1.98. The molecule has 8 nitrogen and oxygen atoms in total. The standard InChI is InChI=1S/C12H24N2O6S/c1-4-20-5-6-21(18,19)13-8-11(15)14-10(12(16)17)7-9(2)3/h9-10,13H,4-8H2,1-3H3,(H,14,15)(H,16,17). The first-order chi connectivity index (χ1) is 9.68. The maximum atomic E-state index is 11.6. The summed E-state index contributed by atoms with van der Waals surface area (Å²) < 4.78 is 30.1. The van der Waals surface area contributed by atoms with Crippen molar-refractivity contribution >= 4 is 21.9 Å². The van der Waals surface area contributed by atoms with Gasteiger partial charge in [-0.25, -0.2) is 17.9 Å². The van der Waals surface area contributed by atoms with E-state index >= 15 is 0 Å². The van der Waals surface area contributed by atoms with Gasteiger partial charge in [-0.15, -0.1) is 0 Å². The SMILES string of the molecule is CCOCCS(=O)(=O)NCC(=O)NC(CC(C)C)C(=O)O. The number of carbonyl (C=O) groups excluding carboxylic acids is 1. The summed E-state index contributed by atoms with van der Waals surface area (Å²) in [6.07, 6.45) is 0.276. The molecule has 0 fully saturated rings. The monoisotopic (exact) mass is 324 g/mol. The van der Waals surface area contributed by atoms with Gasteiger partial charge in [0.15, 0.2) is 0 Å². The molecule has 0 spiro atoms. The van der Waals surface area contributed by atoms with Crippen LogP contribution in [0.2, 0.25) is 0 Å². The Morgan fingerprint density at radius 1 is 1.29 bits per heavy atom. The molecule has 1 atom stereocenters. The number of nitrogens with one attached hydrogen (secondary N) is 2. The van der Waals surface area contributed by atoms with Crippen LogP contribution >= 0.6 is 0 Å². The van der Waals surface area contributed by atoms with E-state index in [-0.39, 0.29) is 24.7 Å². The number of rotatable bonds is 11. The van der Waals surface area contributed by atoms with Crippen molar-refractivity contribution in [1.82, 2.24) is 10.0 Å². The molecule has 0 heterocycles. The van der Waals surface area contributed by atoms with Gasteiger partial charge in [-0.3, -0.25) is 4.79 Å². The van der Waals surface area contributed by atoms with Crippen LogP contribution in [0.4, 0.5) is 0 Å². The molecular weight excluding hydrogens is 300 g/mol. The fourth-order valence-electron chi connectivity index (χ4n) is 1.50. The molecule has 0 saturated heterocycles. The summed E-state index contributed by atoms with van der Waals surface area (Å²) in [6.45, 7) is 5.37. The molecule has 21 heavy (non-hydrogen) atoms. The number of hydrogen-bond acceptors (Lipinski definition) is 5.